The van der Waals surface area contributed by atoms with Gasteiger partial charge in [-0.2, -0.15) is 0 Å². The molecule has 140 valence electrons. The maximum atomic E-state index is 12.8. The van der Waals surface area contributed by atoms with E-state index in [1.807, 2.05) is 31.2 Å². The number of hydrogen-bond acceptors (Lipinski definition) is 3. The van der Waals surface area contributed by atoms with Crippen LogP contribution in [-0.4, -0.2) is 18.4 Å². The summed E-state index contributed by atoms with van der Waals surface area (Å²) in [6, 6.07) is 7.73. The molecule has 1 aromatic rings. The topological polar surface area (TPSA) is 67.4 Å². The van der Waals surface area contributed by atoms with Crippen LogP contribution in [0.2, 0.25) is 0 Å². The molecule has 0 heterocycles. The molecule has 4 bridgehead atoms. The third-order valence-corrected chi connectivity index (χ3v) is 6.45. The minimum absolute atomic E-state index is 0.0180. The molecular formula is C21H28N2O3. The fourth-order valence-corrected chi connectivity index (χ4v) is 5.61. The van der Waals surface area contributed by atoms with Gasteiger partial charge in [0.05, 0.1) is 18.4 Å². The molecule has 0 unspecified atom stereocenters. The summed E-state index contributed by atoms with van der Waals surface area (Å²) in [5.41, 5.74) is 6.22. The number of carbonyl (C=O) groups is 2. The SMILES string of the molecule is Cc1ccc(OCCC(=O)NNC(=O)C23CC4CC(CC(C4)C2)C3)cc1. The molecule has 26 heavy (non-hydrogen) atoms. The summed E-state index contributed by atoms with van der Waals surface area (Å²) in [6.07, 6.45) is 7.11. The average Bonchev–Trinajstić information content (AvgIpc) is 2.60. The fraction of sp³-hybridized carbons (Fsp3) is 0.619. The van der Waals surface area contributed by atoms with E-state index in [1.54, 1.807) is 0 Å². The Kier molecular flexibility index (Phi) is 4.63. The average molecular weight is 356 g/mol. The van der Waals surface area contributed by atoms with E-state index < -0.39 is 0 Å². The second kappa shape index (κ2) is 6.93. The fourth-order valence-electron chi connectivity index (χ4n) is 5.61. The van der Waals surface area contributed by atoms with E-state index in [-0.39, 0.29) is 23.7 Å². The van der Waals surface area contributed by atoms with Gasteiger partial charge in [-0.1, -0.05) is 17.7 Å². The van der Waals surface area contributed by atoms with Gasteiger partial charge in [0.1, 0.15) is 5.75 Å². The van der Waals surface area contributed by atoms with Crippen LogP contribution in [0.5, 0.6) is 5.75 Å². The first-order valence-electron chi connectivity index (χ1n) is 9.81. The summed E-state index contributed by atoms with van der Waals surface area (Å²) in [7, 11) is 0. The Hall–Kier alpha value is -2.04. The van der Waals surface area contributed by atoms with Crippen LogP contribution < -0.4 is 15.6 Å². The van der Waals surface area contributed by atoms with Gasteiger partial charge in [0, 0.05) is 0 Å². The Bertz CT molecular complexity index is 648. The summed E-state index contributed by atoms with van der Waals surface area (Å²) in [5, 5.41) is 0. The summed E-state index contributed by atoms with van der Waals surface area (Å²) in [6.45, 7) is 2.31. The molecule has 5 rings (SSSR count). The van der Waals surface area contributed by atoms with Gasteiger partial charge in [0.25, 0.3) is 0 Å². The van der Waals surface area contributed by atoms with E-state index in [2.05, 4.69) is 10.9 Å². The van der Waals surface area contributed by atoms with Gasteiger partial charge in [-0.15, -0.1) is 0 Å². The van der Waals surface area contributed by atoms with Gasteiger partial charge in [-0.05, 0) is 75.3 Å². The van der Waals surface area contributed by atoms with Crippen LogP contribution in [0.15, 0.2) is 24.3 Å². The summed E-state index contributed by atoms with van der Waals surface area (Å²) in [4.78, 5) is 24.8. The lowest BCUT2D eigenvalue weighted by molar-refractivity contribution is -0.149. The number of hydrogen-bond donors (Lipinski definition) is 2. The van der Waals surface area contributed by atoms with Crippen LogP contribution >= 0.6 is 0 Å². The largest absolute Gasteiger partial charge is 0.493 e. The molecule has 4 saturated carbocycles. The molecule has 2 N–H and O–H groups in total. The molecule has 0 radical (unpaired) electrons. The predicted octanol–water partition coefficient (Wildman–Crippen LogP) is 3.13. The quantitative estimate of drug-likeness (QED) is 0.797. The number of nitrogens with one attached hydrogen (secondary N) is 2. The summed E-state index contributed by atoms with van der Waals surface area (Å²) >= 11 is 0. The zero-order valence-electron chi connectivity index (χ0n) is 15.4. The third-order valence-electron chi connectivity index (χ3n) is 6.45. The van der Waals surface area contributed by atoms with Crippen LogP contribution in [-0.2, 0) is 9.59 Å². The zero-order valence-corrected chi connectivity index (χ0v) is 15.4. The van der Waals surface area contributed by atoms with Gasteiger partial charge >= 0.3 is 0 Å². The van der Waals surface area contributed by atoms with Crippen LogP contribution in [0.3, 0.4) is 0 Å². The van der Waals surface area contributed by atoms with E-state index in [4.69, 9.17) is 4.74 Å². The summed E-state index contributed by atoms with van der Waals surface area (Å²) < 4.78 is 5.57. The lowest BCUT2D eigenvalue weighted by Crippen LogP contribution is -2.56. The zero-order chi connectivity index (χ0) is 18.1. The number of amides is 2. The number of carbonyl (C=O) groups excluding carboxylic acids is 2. The van der Waals surface area contributed by atoms with Crippen LogP contribution in [0.25, 0.3) is 0 Å². The Labute approximate surface area is 154 Å². The molecule has 0 atom stereocenters. The predicted molar refractivity (Wildman–Crippen MR) is 98.2 cm³/mol. The van der Waals surface area contributed by atoms with E-state index in [9.17, 15) is 9.59 Å². The van der Waals surface area contributed by atoms with Gasteiger partial charge in [0.15, 0.2) is 0 Å². The molecule has 1 aromatic carbocycles. The van der Waals surface area contributed by atoms with Gasteiger partial charge < -0.3 is 4.74 Å². The van der Waals surface area contributed by atoms with Crippen molar-refractivity contribution in [3.8, 4) is 5.75 Å². The van der Waals surface area contributed by atoms with Crippen molar-refractivity contribution >= 4 is 11.8 Å². The monoisotopic (exact) mass is 356 g/mol. The van der Waals surface area contributed by atoms with Crippen molar-refractivity contribution in [1.29, 1.82) is 0 Å². The van der Waals surface area contributed by atoms with Gasteiger partial charge in [0.2, 0.25) is 11.8 Å². The second-order valence-electron chi connectivity index (χ2n) is 8.61. The van der Waals surface area contributed by atoms with Crippen molar-refractivity contribution < 1.29 is 14.3 Å². The smallest absolute Gasteiger partial charge is 0.244 e. The van der Waals surface area contributed by atoms with E-state index in [1.165, 1.54) is 24.8 Å². The molecule has 0 saturated heterocycles. The van der Waals surface area contributed by atoms with Crippen molar-refractivity contribution in [2.45, 2.75) is 51.9 Å². The molecule has 0 aliphatic heterocycles. The lowest BCUT2D eigenvalue weighted by Gasteiger charge is -2.55. The normalized spacial score (nSPS) is 31.5. The highest BCUT2D eigenvalue weighted by molar-refractivity contribution is 5.86. The molecule has 2 amide bonds. The van der Waals surface area contributed by atoms with Crippen LogP contribution in [0.1, 0.15) is 50.5 Å². The standard InChI is InChI=1S/C21H28N2O3/c1-14-2-4-18(5-3-14)26-7-6-19(24)22-23-20(25)21-11-15-8-16(12-21)10-17(9-15)13-21/h2-5,15-17H,6-13H2,1H3,(H,22,24)(H,23,25). The molecular weight excluding hydrogens is 328 g/mol. The molecule has 5 heteroatoms. The molecule has 4 fully saturated rings. The number of benzene rings is 1. The van der Waals surface area contributed by atoms with E-state index >= 15 is 0 Å². The first-order chi connectivity index (χ1) is 12.5. The molecule has 0 aromatic heterocycles. The second-order valence-corrected chi connectivity index (χ2v) is 8.61. The van der Waals surface area contributed by atoms with Crippen molar-refractivity contribution in [3.05, 3.63) is 29.8 Å². The maximum Gasteiger partial charge on any atom is 0.244 e. The van der Waals surface area contributed by atoms with Crippen molar-refractivity contribution in [2.24, 2.45) is 23.2 Å². The Morgan fingerprint density at radius 1 is 1.00 bits per heavy atom. The Morgan fingerprint density at radius 3 is 2.15 bits per heavy atom. The van der Waals surface area contributed by atoms with E-state index in [0.717, 1.165) is 25.0 Å². The minimum atomic E-state index is -0.236. The first-order valence-corrected chi connectivity index (χ1v) is 9.81. The van der Waals surface area contributed by atoms with Crippen LogP contribution in [0, 0.1) is 30.1 Å². The highest BCUT2D eigenvalue weighted by Gasteiger charge is 2.54. The Morgan fingerprint density at radius 2 is 1.58 bits per heavy atom. The van der Waals surface area contributed by atoms with E-state index in [0.29, 0.717) is 24.4 Å². The van der Waals surface area contributed by atoms with Gasteiger partial charge in [-0.3, -0.25) is 20.4 Å². The molecule has 4 aliphatic rings. The number of aryl methyl sites for hydroxylation is 1. The number of rotatable bonds is 5. The Balaban J connectivity index is 1.22. The lowest BCUT2D eigenvalue weighted by atomic mass is 9.49. The summed E-state index contributed by atoms with van der Waals surface area (Å²) in [5.74, 6) is 2.70. The third kappa shape index (κ3) is 3.57. The number of hydrazine groups is 1. The highest BCUT2D eigenvalue weighted by Crippen LogP contribution is 2.59. The minimum Gasteiger partial charge on any atom is -0.493 e. The molecule has 0 spiro atoms. The van der Waals surface area contributed by atoms with Crippen LogP contribution in [0.4, 0.5) is 0 Å². The van der Waals surface area contributed by atoms with Gasteiger partial charge in [-0.25, -0.2) is 0 Å². The molecule has 5 nitrogen and oxygen atoms in total. The van der Waals surface area contributed by atoms with Crippen molar-refractivity contribution in [1.82, 2.24) is 10.9 Å². The number of ether oxygens (including phenoxy) is 1. The van der Waals surface area contributed by atoms with Crippen molar-refractivity contribution in [2.75, 3.05) is 6.61 Å². The van der Waals surface area contributed by atoms with Crippen molar-refractivity contribution in [3.63, 3.8) is 0 Å². The first kappa shape index (κ1) is 17.4. The maximum absolute atomic E-state index is 12.8. The molecule has 4 aliphatic carbocycles. The highest BCUT2D eigenvalue weighted by atomic mass is 16.5.